The Kier molecular flexibility index (Phi) is 4.84. The van der Waals surface area contributed by atoms with E-state index in [0.717, 1.165) is 57.5 Å². The second-order valence-electron chi connectivity index (χ2n) is 8.38. The highest BCUT2D eigenvalue weighted by molar-refractivity contribution is 4.98. The van der Waals surface area contributed by atoms with Gasteiger partial charge in [0.15, 0.2) is 0 Å². The maximum atomic E-state index is 11.0. The lowest BCUT2D eigenvalue weighted by atomic mass is 9.77. The van der Waals surface area contributed by atoms with Crippen molar-refractivity contribution >= 4 is 0 Å². The van der Waals surface area contributed by atoms with Crippen molar-refractivity contribution < 1.29 is 14.9 Å². The first kappa shape index (κ1) is 16.7. The summed E-state index contributed by atoms with van der Waals surface area (Å²) in [6.45, 7) is 7.40. The van der Waals surface area contributed by atoms with Gasteiger partial charge < -0.3 is 14.9 Å². The zero-order valence-corrected chi connectivity index (χ0v) is 14.3. The van der Waals surface area contributed by atoms with Crippen molar-refractivity contribution in [2.24, 2.45) is 11.8 Å². The molecule has 0 aromatic rings. The van der Waals surface area contributed by atoms with E-state index in [2.05, 4.69) is 11.8 Å². The van der Waals surface area contributed by atoms with E-state index >= 15 is 0 Å². The predicted octanol–water partition coefficient (Wildman–Crippen LogP) is 2.18. The second kappa shape index (κ2) is 6.39. The van der Waals surface area contributed by atoms with Crippen molar-refractivity contribution in [2.45, 2.75) is 76.0 Å². The number of hydrogen-bond acceptors (Lipinski definition) is 4. The Morgan fingerprint density at radius 3 is 2.55 bits per heavy atom. The van der Waals surface area contributed by atoms with Crippen LogP contribution in [0.5, 0.6) is 0 Å². The van der Waals surface area contributed by atoms with Gasteiger partial charge in [-0.1, -0.05) is 6.92 Å². The van der Waals surface area contributed by atoms with E-state index in [0.29, 0.717) is 19.3 Å². The molecule has 3 rings (SSSR count). The Labute approximate surface area is 134 Å². The molecular weight excluding hydrogens is 278 g/mol. The molecule has 0 bridgehead atoms. The van der Waals surface area contributed by atoms with Crippen LogP contribution in [0.4, 0.5) is 0 Å². The predicted molar refractivity (Wildman–Crippen MR) is 86.7 cm³/mol. The van der Waals surface area contributed by atoms with Crippen LogP contribution < -0.4 is 0 Å². The second-order valence-corrected chi connectivity index (χ2v) is 8.38. The number of β-amino-alcohol motifs (C(OH)–C–C–N with tert-alkyl or cyclic N) is 1. The van der Waals surface area contributed by atoms with Gasteiger partial charge in [0.05, 0.1) is 17.8 Å². The van der Waals surface area contributed by atoms with Crippen molar-refractivity contribution in [2.75, 3.05) is 26.3 Å². The fourth-order valence-electron chi connectivity index (χ4n) is 4.72. The van der Waals surface area contributed by atoms with Crippen LogP contribution in [-0.4, -0.2) is 58.7 Å². The summed E-state index contributed by atoms with van der Waals surface area (Å²) in [5.74, 6) is 0.928. The van der Waals surface area contributed by atoms with Gasteiger partial charge in [0.2, 0.25) is 0 Å². The first-order valence-corrected chi connectivity index (χ1v) is 9.16. The molecule has 0 aromatic carbocycles. The van der Waals surface area contributed by atoms with Crippen LogP contribution in [-0.2, 0) is 4.74 Å². The molecule has 0 spiro atoms. The molecule has 2 saturated heterocycles. The van der Waals surface area contributed by atoms with E-state index in [1.807, 2.05) is 6.92 Å². The minimum atomic E-state index is -0.630. The highest BCUT2D eigenvalue weighted by Crippen LogP contribution is 2.39. The van der Waals surface area contributed by atoms with Gasteiger partial charge in [0.1, 0.15) is 0 Å². The number of likely N-dealkylation sites (tertiary alicyclic amines) is 1. The molecule has 128 valence electrons. The Bertz CT molecular complexity index is 377. The topological polar surface area (TPSA) is 52.9 Å². The Balaban J connectivity index is 1.65. The lowest BCUT2D eigenvalue weighted by Crippen LogP contribution is -2.55. The summed E-state index contributed by atoms with van der Waals surface area (Å²) in [5, 5.41) is 21.7. The normalized spacial score (nSPS) is 47.7. The summed E-state index contributed by atoms with van der Waals surface area (Å²) in [7, 11) is 0. The van der Waals surface area contributed by atoms with E-state index in [1.54, 1.807) is 0 Å². The van der Waals surface area contributed by atoms with Crippen LogP contribution >= 0.6 is 0 Å². The minimum absolute atomic E-state index is 0.176. The Morgan fingerprint density at radius 2 is 1.86 bits per heavy atom. The number of hydrogen-bond donors (Lipinski definition) is 2. The average Bonchev–Trinajstić information content (AvgIpc) is 2.89. The van der Waals surface area contributed by atoms with Crippen molar-refractivity contribution in [1.29, 1.82) is 0 Å². The zero-order valence-electron chi connectivity index (χ0n) is 14.3. The summed E-state index contributed by atoms with van der Waals surface area (Å²) in [4.78, 5) is 2.45. The van der Waals surface area contributed by atoms with Crippen molar-refractivity contribution in [3.63, 3.8) is 0 Å². The van der Waals surface area contributed by atoms with E-state index in [1.165, 1.54) is 6.42 Å². The van der Waals surface area contributed by atoms with Gasteiger partial charge >= 0.3 is 0 Å². The van der Waals surface area contributed by atoms with Gasteiger partial charge in [-0.25, -0.2) is 0 Å². The van der Waals surface area contributed by atoms with E-state index in [9.17, 15) is 10.2 Å². The number of nitrogens with zero attached hydrogens (tertiary/aromatic N) is 1. The number of aliphatic hydroxyl groups is 2. The molecule has 1 aliphatic carbocycles. The van der Waals surface area contributed by atoms with Crippen LogP contribution in [0.1, 0.15) is 58.8 Å². The minimum Gasteiger partial charge on any atom is -0.390 e. The van der Waals surface area contributed by atoms with Crippen LogP contribution in [0.25, 0.3) is 0 Å². The molecule has 0 amide bonds. The van der Waals surface area contributed by atoms with E-state index in [-0.39, 0.29) is 5.92 Å². The smallest absolute Gasteiger partial charge is 0.0774 e. The van der Waals surface area contributed by atoms with Crippen molar-refractivity contribution in [1.82, 2.24) is 4.90 Å². The average molecular weight is 311 g/mol. The standard InChI is InChI=1S/C18H33NO3/c1-14-5-7-18(21,8-6-14)13-19-10-3-4-16(19)15-12-22-11-9-17(15,2)20/h14-16,20-21H,3-13H2,1-2H3/t14?,15-,16+,17+,18?/m0/s1. The van der Waals surface area contributed by atoms with Crippen molar-refractivity contribution in [3.05, 3.63) is 0 Å². The van der Waals surface area contributed by atoms with Crippen LogP contribution in [0.2, 0.25) is 0 Å². The van der Waals surface area contributed by atoms with Gasteiger partial charge in [-0.2, -0.15) is 0 Å². The summed E-state index contributed by atoms with van der Waals surface area (Å²) in [6.07, 6.45) is 7.15. The molecule has 0 aromatic heterocycles. The summed E-state index contributed by atoms with van der Waals surface area (Å²) in [5.41, 5.74) is -1.15. The Hall–Kier alpha value is -0.160. The number of ether oxygens (including phenoxy) is 1. The highest BCUT2D eigenvalue weighted by Gasteiger charge is 2.46. The highest BCUT2D eigenvalue weighted by atomic mass is 16.5. The quantitative estimate of drug-likeness (QED) is 0.839. The molecule has 1 saturated carbocycles. The maximum Gasteiger partial charge on any atom is 0.0774 e. The molecule has 22 heavy (non-hydrogen) atoms. The van der Waals surface area contributed by atoms with Gasteiger partial charge in [-0.3, -0.25) is 4.90 Å². The van der Waals surface area contributed by atoms with Gasteiger partial charge in [0, 0.05) is 25.1 Å². The van der Waals surface area contributed by atoms with Crippen LogP contribution in [0.3, 0.4) is 0 Å². The van der Waals surface area contributed by atoms with E-state index < -0.39 is 11.2 Å². The first-order valence-electron chi connectivity index (χ1n) is 9.16. The van der Waals surface area contributed by atoms with Crippen LogP contribution in [0.15, 0.2) is 0 Å². The molecule has 3 aliphatic rings. The maximum absolute atomic E-state index is 11.0. The lowest BCUT2D eigenvalue weighted by Gasteiger charge is -2.45. The molecule has 0 unspecified atom stereocenters. The molecule has 2 N–H and O–H groups in total. The van der Waals surface area contributed by atoms with Gasteiger partial charge in [0.25, 0.3) is 0 Å². The van der Waals surface area contributed by atoms with Crippen molar-refractivity contribution in [3.8, 4) is 0 Å². The van der Waals surface area contributed by atoms with E-state index in [4.69, 9.17) is 4.74 Å². The summed E-state index contributed by atoms with van der Waals surface area (Å²) >= 11 is 0. The molecule has 4 nitrogen and oxygen atoms in total. The van der Waals surface area contributed by atoms with Gasteiger partial charge in [-0.15, -0.1) is 0 Å². The molecule has 3 atom stereocenters. The zero-order chi connectivity index (χ0) is 15.8. The lowest BCUT2D eigenvalue weighted by molar-refractivity contribution is -0.130. The third-order valence-electron chi connectivity index (χ3n) is 6.43. The molecule has 3 fully saturated rings. The number of rotatable bonds is 3. The molecule has 4 heteroatoms. The summed E-state index contributed by atoms with van der Waals surface area (Å²) < 4.78 is 5.66. The van der Waals surface area contributed by atoms with Crippen LogP contribution in [0, 0.1) is 11.8 Å². The Morgan fingerprint density at radius 1 is 1.14 bits per heavy atom. The SMILES string of the molecule is CC1CCC(O)(CN2CCC[C@@H]2[C@@H]2COCC[C@@]2(C)O)CC1. The molecule has 2 aliphatic heterocycles. The van der Waals surface area contributed by atoms with Gasteiger partial charge in [-0.05, 0) is 64.3 Å². The fraction of sp³-hybridized carbons (Fsp3) is 1.00. The fourth-order valence-corrected chi connectivity index (χ4v) is 4.72. The third kappa shape index (κ3) is 3.50. The first-order chi connectivity index (χ1) is 10.4. The molecule has 2 heterocycles. The monoisotopic (exact) mass is 311 g/mol. The molecule has 0 radical (unpaired) electrons. The largest absolute Gasteiger partial charge is 0.390 e. The molecular formula is C18H33NO3. The summed E-state index contributed by atoms with van der Waals surface area (Å²) in [6, 6.07) is 0.360. The third-order valence-corrected chi connectivity index (χ3v) is 6.43.